The van der Waals surface area contributed by atoms with Crippen LogP contribution in [-0.2, 0) is 17.9 Å². The summed E-state index contributed by atoms with van der Waals surface area (Å²) in [5, 5.41) is -3.64. The number of thioether (sulfide) groups is 1. The van der Waals surface area contributed by atoms with Gasteiger partial charge in [-0.05, 0) is 53.2 Å². The number of nitrogens with zero attached hydrogens (tertiary/aromatic N) is 1. The molecule has 3 aromatic carbocycles. The molecule has 7 heteroatoms. The summed E-state index contributed by atoms with van der Waals surface area (Å²) in [6.45, 7) is -0.219. The van der Waals surface area contributed by atoms with Crippen molar-refractivity contribution in [3.05, 3.63) is 102 Å². The molecule has 0 spiro atoms. The Morgan fingerprint density at radius 1 is 0.793 bits per heavy atom. The monoisotopic (exact) mass is 419 g/mol. The molecule has 3 rings (SSSR count). The van der Waals surface area contributed by atoms with Crippen LogP contribution >= 0.6 is 11.8 Å². The maximum absolute atomic E-state index is 14.5. The molecule has 0 unspecified atom stereocenters. The molecule has 0 radical (unpaired) electrons. The van der Waals surface area contributed by atoms with Crippen LogP contribution in [0.15, 0.2) is 83.8 Å². The quantitative estimate of drug-likeness (QED) is 0.233. The van der Waals surface area contributed by atoms with Crippen LogP contribution in [0, 0.1) is 12.1 Å². The minimum atomic E-state index is -4.73. The second-order valence-corrected chi connectivity index (χ2v) is 7.35. The van der Waals surface area contributed by atoms with Crippen molar-refractivity contribution in [2.24, 2.45) is 0 Å². The first-order valence-electron chi connectivity index (χ1n) is 8.70. The number of benzene rings is 2. The van der Waals surface area contributed by atoms with Gasteiger partial charge >= 0.3 is 11.4 Å². The highest BCUT2D eigenvalue weighted by Crippen LogP contribution is 2.47. The smallest absolute Gasteiger partial charge is 0.223 e. The third-order valence-corrected chi connectivity index (χ3v) is 4.86. The highest BCUT2D eigenvalue weighted by atomic mass is 32.2. The Labute approximate surface area is 171 Å². The lowest BCUT2D eigenvalue weighted by molar-refractivity contribution is -0.406. The lowest BCUT2D eigenvalue weighted by Crippen LogP contribution is -2.45. The molecule has 0 aliphatic carbocycles. The molecule has 3 aromatic rings. The number of hydroxylamine groups is 2. The van der Waals surface area contributed by atoms with Gasteiger partial charge in [0.15, 0.2) is 0 Å². The van der Waals surface area contributed by atoms with Crippen LogP contribution in [0.5, 0.6) is 0 Å². The summed E-state index contributed by atoms with van der Waals surface area (Å²) in [5.41, 5.74) is 1.23. The summed E-state index contributed by atoms with van der Waals surface area (Å²) in [6.07, 6.45) is -4.73. The molecular weight excluding hydrogens is 402 g/mol. The third kappa shape index (κ3) is 5.97. The summed E-state index contributed by atoms with van der Waals surface area (Å²) in [7, 11) is 0. The van der Waals surface area contributed by atoms with Crippen LogP contribution in [0.4, 0.5) is 17.6 Å². The SMILES string of the molecule is FC(F)(ON(Cc1cc#ccc1)Cc1ccccc1)C(F)(F)Sc1ccccc1. The van der Waals surface area contributed by atoms with Crippen molar-refractivity contribution < 1.29 is 22.4 Å². The van der Waals surface area contributed by atoms with E-state index >= 15 is 0 Å². The zero-order valence-electron chi connectivity index (χ0n) is 15.2. The van der Waals surface area contributed by atoms with E-state index in [2.05, 4.69) is 17.0 Å². The maximum Gasteiger partial charge on any atom is 0.446 e. The molecule has 0 aliphatic heterocycles. The second kappa shape index (κ2) is 9.31. The molecule has 0 saturated heterocycles. The van der Waals surface area contributed by atoms with Crippen molar-refractivity contribution in [3.8, 4) is 0 Å². The van der Waals surface area contributed by atoms with Gasteiger partial charge in [-0.25, -0.2) is 4.84 Å². The lowest BCUT2D eigenvalue weighted by atomic mass is 10.2. The van der Waals surface area contributed by atoms with Gasteiger partial charge in [0.05, 0.1) is 6.54 Å². The molecule has 0 bridgehead atoms. The molecular formula is C22H17F4NOS. The molecule has 0 atom stereocenters. The van der Waals surface area contributed by atoms with Gasteiger partial charge in [0.2, 0.25) is 0 Å². The molecule has 150 valence electrons. The topological polar surface area (TPSA) is 12.5 Å². The van der Waals surface area contributed by atoms with Crippen molar-refractivity contribution in [2.75, 3.05) is 0 Å². The van der Waals surface area contributed by atoms with E-state index in [9.17, 15) is 17.6 Å². The van der Waals surface area contributed by atoms with E-state index in [0.29, 0.717) is 11.1 Å². The highest BCUT2D eigenvalue weighted by molar-refractivity contribution is 8.00. The average Bonchev–Trinajstić information content (AvgIpc) is 2.69. The van der Waals surface area contributed by atoms with E-state index in [-0.39, 0.29) is 29.7 Å². The van der Waals surface area contributed by atoms with Gasteiger partial charge in [-0.15, -0.1) is 0 Å². The minimum absolute atomic E-state index is 0.0172. The van der Waals surface area contributed by atoms with Crippen LogP contribution in [-0.4, -0.2) is 16.4 Å². The van der Waals surface area contributed by atoms with Crippen LogP contribution in [0.3, 0.4) is 0 Å². The van der Waals surface area contributed by atoms with E-state index in [1.807, 2.05) is 0 Å². The number of hydrogen-bond donors (Lipinski definition) is 0. The van der Waals surface area contributed by atoms with E-state index in [1.165, 1.54) is 30.3 Å². The Hall–Kier alpha value is -2.53. The van der Waals surface area contributed by atoms with Crippen LogP contribution in [0.25, 0.3) is 0 Å². The molecule has 0 aromatic heterocycles. The van der Waals surface area contributed by atoms with E-state index in [1.54, 1.807) is 48.5 Å². The Morgan fingerprint density at radius 2 is 1.41 bits per heavy atom. The Balaban J connectivity index is 1.78. The molecule has 2 nitrogen and oxygen atoms in total. The number of alkyl halides is 4. The summed E-state index contributed by atoms with van der Waals surface area (Å²) in [4.78, 5) is 4.61. The predicted octanol–water partition coefficient (Wildman–Crippen LogP) is 6.20. The van der Waals surface area contributed by atoms with Gasteiger partial charge in [0, 0.05) is 11.4 Å². The predicted molar refractivity (Wildman–Crippen MR) is 103 cm³/mol. The highest BCUT2D eigenvalue weighted by Gasteiger charge is 2.60. The van der Waals surface area contributed by atoms with E-state index in [4.69, 9.17) is 0 Å². The molecule has 0 amide bonds. The molecule has 29 heavy (non-hydrogen) atoms. The third-order valence-electron chi connectivity index (χ3n) is 3.85. The Kier molecular flexibility index (Phi) is 6.80. The summed E-state index contributed by atoms with van der Waals surface area (Å²) in [5.74, 6) is 0. The molecule has 0 fully saturated rings. The minimum Gasteiger partial charge on any atom is -0.223 e. The zero-order valence-corrected chi connectivity index (χ0v) is 16.0. The number of hydrogen-bond acceptors (Lipinski definition) is 3. The largest absolute Gasteiger partial charge is 0.446 e. The number of halogens is 4. The van der Waals surface area contributed by atoms with Gasteiger partial charge in [-0.1, -0.05) is 60.7 Å². The van der Waals surface area contributed by atoms with E-state index in [0.717, 1.165) is 5.06 Å². The van der Waals surface area contributed by atoms with Crippen molar-refractivity contribution >= 4 is 11.8 Å². The molecule has 0 saturated carbocycles. The normalized spacial score (nSPS) is 12.0. The van der Waals surface area contributed by atoms with Crippen LogP contribution < -0.4 is 0 Å². The Morgan fingerprint density at radius 3 is 2.03 bits per heavy atom. The van der Waals surface area contributed by atoms with Gasteiger partial charge in [-0.3, -0.25) is 0 Å². The first-order chi connectivity index (χ1) is 13.9. The fraction of sp³-hybridized carbons (Fsp3) is 0.182. The molecule has 0 N–H and O–H groups in total. The summed E-state index contributed by atoms with van der Waals surface area (Å²) < 4.78 is 57.7. The van der Waals surface area contributed by atoms with Gasteiger partial charge < -0.3 is 0 Å². The van der Waals surface area contributed by atoms with Gasteiger partial charge in [0.1, 0.15) is 0 Å². The second-order valence-electron chi connectivity index (χ2n) is 6.16. The fourth-order valence-corrected chi connectivity index (χ4v) is 3.25. The number of rotatable bonds is 9. The van der Waals surface area contributed by atoms with Crippen LogP contribution in [0.1, 0.15) is 11.1 Å². The van der Waals surface area contributed by atoms with Gasteiger partial charge in [0.25, 0.3) is 0 Å². The molecule has 0 aliphatic rings. The average molecular weight is 419 g/mol. The standard InChI is InChI=1S/C22H17F4NOS/c23-21(24,22(25,26)29-20-14-8-3-9-15-20)28-27(16-18-10-4-1-5-11-18)17-19-12-6-2-7-13-19/h1,3-6,8-15H,16-17H2. The first-order valence-corrected chi connectivity index (χ1v) is 9.52. The van der Waals surface area contributed by atoms with E-state index < -0.39 is 11.4 Å². The Bertz CT molecular complexity index is 838. The summed E-state index contributed by atoms with van der Waals surface area (Å²) >= 11 is -0.239. The summed E-state index contributed by atoms with van der Waals surface area (Å²) in [6, 6.07) is 26.1. The zero-order chi connectivity index (χ0) is 20.7. The maximum atomic E-state index is 14.5. The van der Waals surface area contributed by atoms with Gasteiger partial charge in [-0.2, -0.15) is 22.6 Å². The van der Waals surface area contributed by atoms with Crippen molar-refractivity contribution in [1.82, 2.24) is 5.06 Å². The van der Waals surface area contributed by atoms with Crippen molar-refractivity contribution in [1.29, 1.82) is 0 Å². The fourth-order valence-electron chi connectivity index (χ4n) is 2.50. The van der Waals surface area contributed by atoms with Crippen molar-refractivity contribution in [2.45, 2.75) is 29.3 Å². The molecule has 0 heterocycles. The lowest BCUT2D eigenvalue weighted by Gasteiger charge is -2.31. The first kappa shape index (κ1) is 21.2. The van der Waals surface area contributed by atoms with Crippen LogP contribution in [0.2, 0.25) is 0 Å². The van der Waals surface area contributed by atoms with Crippen molar-refractivity contribution in [3.63, 3.8) is 0 Å².